The Balaban J connectivity index is 0.000000232. The van der Waals surface area contributed by atoms with Gasteiger partial charge in [-0.3, -0.25) is 19.6 Å². The van der Waals surface area contributed by atoms with Crippen molar-refractivity contribution < 1.29 is 100 Å². The van der Waals surface area contributed by atoms with Crippen molar-refractivity contribution in [2.24, 2.45) is 9.98 Å². The van der Waals surface area contributed by atoms with Gasteiger partial charge in [0, 0.05) is 34.7 Å². The zero-order chi connectivity index (χ0) is 72.2. The molecule has 0 aliphatic carbocycles. The average molecular weight is 1360 g/mol. The highest BCUT2D eigenvalue weighted by atomic mass is 19.2. The van der Waals surface area contributed by atoms with Crippen LogP contribution in [0.1, 0.15) is 161 Å². The Morgan fingerprint density at radius 2 is 0.635 bits per heavy atom. The number of halogens is 16. The molecule has 0 aliphatic heterocycles. The molecule has 10 nitrogen and oxygen atoms in total. The first-order valence-electron chi connectivity index (χ1n) is 29.3. The van der Waals surface area contributed by atoms with E-state index in [1.807, 2.05) is 10.6 Å². The lowest BCUT2D eigenvalue weighted by atomic mass is 9.80. The zero-order valence-electron chi connectivity index (χ0n) is 52.9. The number of amides is 2. The monoisotopic (exact) mass is 1360 g/mol. The number of phenols is 4. The van der Waals surface area contributed by atoms with E-state index in [1.54, 1.807) is 39.8 Å². The molecule has 2 amide bonds. The van der Waals surface area contributed by atoms with Crippen molar-refractivity contribution in [1.82, 2.24) is 0 Å². The summed E-state index contributed by atoms with van der Waals surface area (Å²) in [5.41, 5.74) is -9.79. The highest BCUT2D eigenvalue weighted by Gasteiger charge is 2.37. The number of carbonyl (C=O) groups excluding carboxylic acids is 2. The molecule has 8 aromatic rings. The number of hydrogen-bond donors (Lipinski definition) is 6. The molecule has 0 saturated heterocycles. The number of rotatable bonds is 16. The fourth-order valence-electron chi connectivity index (χ4n) is 8.98. The summed E-state index contributed by atoms with van der Waals surface area (Å²) in [7, 11) is 0. The fraction of sp³-hybridized carbons (Fsp3) is 0.257. The normalized spacial score (nSPS) is 12.1. The van der Waals surface area contributed by atoms with Gasteiger partial charge in [-0.05, 0) is 96.9 Å². The summed E-state index contributed by atoms with van der Waals surface area (Å²) < 4.78 is 227. The molecule has 0 aromatic heterocycles. The number of hydrogen-bond acceptors (Lipinski definition) is 8. The molecule has 0 fully saturated rings. The third kappa shape index (κ3) is 16.8. The first-order valence-corrected chi connectivity index (χ1v) is 29.3. The van der Waals surface area contributed by atoms with Gasteiger partial charge >= 0.3 is 0 Å². The van der Waals surface area contributed by atoms with Gasteiger partial charge in [0.1, 0.15) is 45.5 Å². The Morgan fingerprint density at radius 1 is 0.385 bits per heavy atom. The number of aromatic hydroxyl groups is 4. The van der Waals surface area contributed by atoms with Crippen LogP contribution in [-0.4, -0.2) is 44.7 Å². The van der Waals surface area contributed by atoms with Crippen molar-refractivity contribution in [2.45, 2.75) is 118 Å². The Morgan fingerprint density at radius 3 is 0.917 bits per heavy atom. The fourth-order valence-corrected chi connectivity index (χ4v) is 8.98. The van der Waals surface area contributed by atoms with Crippen molar-refractivity contribution in [3.63, 3.8) is 0 Å². The number of benzene rings is 8. The van der Waals surface area contributed by atoms with Crippen LogP contribution in [0, 0.1) is 93.1 Å². The molecule has 2 atom stereocenters. The van der Waals surface area contributed by atoms with E-state index in [2.05, 4.69) is 9.98 Å². The maximum Gasteiger partial charge on any atom is 0.261 e. The van der Waals surface area contributed by atoms with Gasteiger partial charge in [0.25, 0.3) is 11.8 Å². The predicted molar refractivity (Wildman–Crippen MR) is 332 cm³/mol. The molecule has 0 radical (unpaired) electrons. The van der Waals surface area contributed by atoms with Crippen molar-refractivity contribution in [2.75, 3.05) is 10.6 Å². The predicted octanol–water partition coefficient (Wildman–Crippen LogP) is 20.2. The first kappa shape index (κ1) is 76.8. The van der Waals surface area contributed by atoms with E-state index >= 15 is 0 Å². The largest absolute Gasteiger partial charge is 0.506 e. The average Bonchev–Trinajstić information content (AvgIpc) is 0.787. The molecule has 8 aromatic carbocycles. The van der Waals surface area contributed by atoms with Gasteiger partial charge in [-0.2, -0.15) is 0 Å². The summed E-state index contributed by atoms with van der Waals surface area (Å²) in [5, 5.41) is 42.3. The quantitative estimate of drug-likeness (QED) is 0.0244. The van der Waals surface area contributed by atoms with Crippen LogP contribution < -0.4 is 10.6 Å². The molecule has 96 heavy (non-hydrogen) atoms. The molecule has 8 rings (SSSR count). The van der Waals surface area contributed by atoms with E-state index in [9.17, 15) is 100 Å². The van der Waals surface area contributed by atoms with Crippen LogP contribution in [-0.2, 0) is 10.8 Å². The number of aliphatic imine (C=N–C) groups is 2. The van der Waals surface area contributed by atoms with Gasteiger partial charge < -0.3 is 31.1 Å². The summed E-state index contributed by atoms with van der Waals surface area (Å²) >= 11 is 0. The minimum Gasteiger partial charge on any atom is -0.506 e. The maximum absolute atomic E-state index is 14.4. The molecule has 0 bridgehead atoms. The van der Waals surface area contributed by atoms with Gasteiger partial charge in [-0.15, -0.1) is 0 Å². The van der Waals surface area contributed by atoms with Crippen LogP contribution in [0.2, 0.25) is 0 Å². The summed E-state index contributed by atoms with van der Waals surface area (Å²) in [6.45, 7) is 15.3. The van der Waals surface area contributed by atoms with E-state index in [0.29, 0.717) is 25.3 Å². The Bertz CT molecular complexity index is 4140. The molecule has 2 unspecified atom stereocenters. The Hall–Kier alpha value is -9.88. The summed E-state index contributed by atoms with van der Waals surface area (Å²) in [6.07, 6.45) is 2.43. The molecular weight excluding hydrogens is 1300 g/mol. The number of phenolic OH excluding ortho intramolecular Hbond substituents is 4. The third-order valence-corrected chi connectivity index (χ3v) is 15.7. The second-order valence-electron chi connectivity index (χ2n) is 22.7. The molecular formula is C70H64F16N4O6. The Kier molecular flexibility index (Phi) is 26.0. The van der Waals surface area contributed by atoms with Gasteiger partial charge in [0.05, 0.1) is 22.5 Å². The number of nitrogens with one attached hydrogen (secondary N) is 2. The second-order valence-corrected chi connectivity index (χ2v) is 22.7. The van der Waals surface area contributed by atoms with Crippen LogP contribution >= 0.6 is 0 Å². The summed E-state index contributed by atoms with van der Waals surface area (Å²) in [6, 6.07) is 22.4. The van der Waals surface area contributed by atoms with E-state index in [-0.39, 0.29) is 58.6 Å². The molecule has 0 heterocycles. The molecule has 0 spiro atoms. The molecule has 26 heteroatoms. The van der Waals surface area contributed by atoms with E-state index in [0.717, 1.165) is 0 Å². The smallest absolute Gasteiger partial charge is 0.261 e. The van der Waals surface area contributed by atoms with Crippen molar-refractivity contribution in [3.8, 4) is 23.0 Å². The van der Waals surface area contributed by atoms with Crippen LogP contribution in [0.5, 0.6) is 23.0 Å². The molecule has 0 aliphatic rings. The van der Waals surface area contributed by atoms with Crippen LogP contribution in [0.4, 0.5) is 93.0 Å². The van der Waals surface area contributed by atoms with E-state index in [4.69, 9.17) is 0 Å². The third-order valence-electron chi connectivity index (χ3n) is 15.7. The van der Waals surface area contributed by atoms with E-state index < -0.39 is 172 Å². The van der Waals surface area contributed by atoms with Crippen LogP contribution in [0.15, 0.2) is 107 Å². The number of anilines is 2. The lowest BCUT2D eigenvalue weighted by molar-refractivity contribution is 0.100. The number of para-hydroxylation sites is 8. The van der Waals surface area contributed by atoms with Crippen molar-refractivity contribution >= 4 is 47.0 Å². The summed E-state index contributed by atoms with van der Waals surface area (Å²) in [4.78, 5) is 31.5. The lowest BCUT2D eigenvalue weighted by Crippen LogP contribution is -2.25. The number of nitrogens with zero attached hydrogens (tertiary/aromatic N) is 2. The Labute approximate surface area is 541 Å². The van der Waals surface area contributed by atoms with Gasteiger partial charge in [-0.1, -0.05) is 118 Å². The van der Waals surface area contributed by atoms with Crippen molar-refractivity contribution in [1.29, 1.82) is 0 Å². The first-order chi connectivity index (χ1) is 45.0. The minimum absolute atomic E-state index is 0.0232. The standard InChI is InChI=1S/C18H17F4NO2.C18H17F4NO.C17H15F4NO2.C17H15F4NO/c1-4-18(2,3)12-15(21)13(19)11(14(20)16(12)22)17(25)23-9-7-5-6-8-10(9)24;1-4-18(2,3)13-16(21)14(19)10(15(20)17(13)22)9-23-11-7-5-6-8-12(11)24;1-3-8(2)11-13(18)15(20)12(16(21)14(11)19)17(24)22-9-6-4-5-7-10(9)23;1-3-9(2)13-16(20)14(18)10(15(19)17(13)21)8-22-11-6-4-5-7-12(11)23/h5-8,24H,4H2,1-3H3,(H,23,25);5-9,24H,4H2,1-3H3;4-8,23H,3H2,1-2H3,(H,22,24);4-9,23H,3H2,1-2H3. The van der Waals surface area contributed by atoms with Crippen LogP contribution in [0.25, 0.3) is 0 Å². The van der Waals surface area contributed by atoms with Gasteiger partial charge in [0.15, 0.2) is 93.1 Å². The lowest BCUT2D eigenvalue weighted by Gasteiger charge is -2.25. The molecule has 0 saturated carbocycles. The zero-order valence-corrected chi connectivity index (χ0v) is 52.9. The molecule has 6 N–H and O–H groups in total. The van der Waals surface area contributed by atoms with E-state index in [1.165, 1.54) is 126 Å². The van der Waals surface area contributed by atoms with Gasteiger partial charge in [-0.25, -0.2) is 70.2 Å². The highest BCUT2D eigenvalue weighted by Crippen LogP contribution is 2.39. The maximum atomic E-state index is 14.4. The van der Waals surface area contributed by atoms with Crippen LogP contribution in [0.3, 0.4) is 0 Å². The summed E-state index contributed by atoms with van der Waals surface area (Å²) in [5.74, 6) is -30.6. The van der Waals surface area contributed by atoms with Gasteiger partial charge in [0.2, 0.25) is 0 Å². The van der Waals surface area contributed by atoms with Crippen molar-refractivity contribution in [3.05, 3.63) is 235 Å². The second kappa shape index (κ2) is 32.5. The minimum atomic E-state index is -1.77. The molecule has 512 valence electrons. The topological polar surface area (TPSA) is 164 Å². The highest BCUT2D eigenvalue weighted by molar-refractivity contribution is 6.06. The number of carbonyl (C=O) groups is 2. The SMILES string of the molecule is CCC(C)(C)c1c(F)c(F)c(C(=O)Nc2ccccc2O)c(F)c1F.CCC(C)(C)c1c(F)c(F)c(C=Nc2ccccc2O)c(F)c1F.CCC(C)c1c(F)c(F)c(C(=O)Nc2ccccc2O)c(F)c1F.CCC(C)c1c(F)c(F)c(C=Nc2ccccc2O)c(F)c1F.